The Labute approximate surface area is 91.5 Å². The molecule has 0 aromatic rings. The zero-order chi connectivity index (χ0) is 11.4. The van der Waals surface area contributed by atoms with Crippen molar-refractivity contribution in [3.63, 3.8) is 0 Å². The van der Waals surface area contributed by atoms with Crippen molar-refractivity contribution in [3.8, 4) is 0 Å². The molecule has 1 atom stereocenters. The minimum atomic E-state index is 0.536. The zero-order valence-electron chi connectivity index (χ0n) is 11.4. The SMILES string of the molecule is CC(C)CCC(C)(C)CC(C)C(C)C. The maximum atomic E-state index is 2.42. The molecule has 0 rings (SSSR count). The van der Waals surface area contributed by atoms with Crippen LogP contribution >= 0.6 is 0 Å². The van der Waals surface area contributed by atoms with Crippen molar-refractivity contribution in [2.45, 2.75) is 67.7 Å². The molecular weight excluding hydrogens is 168 g/mol. The largest absolute Gasteiger partial charge is 0.0628 e. The fourth-order valence-corrected chi connectivity index (χ4v) is 1.89. The van der Waals surface area contributed by atoms with Gasteiger partial charge in [0.2, 0.25) is 0 Å². The minimum absolute atomic E-state index is 0.536. The molecule has 0 aliphatic heterocycles. The van der Waals surface area contributed by atoms with Crippen molar-refractivity contribution < 1.29 is 0 Å². The summed E-state index contributed by atoms with van der Waals surface area (Å²) in [5.74, 6) is 2.54. The van der Waals surface area contributed by atoms with E-state index in [1.807, 2.05) is 0 Å². The summed E-state index contributed by atoms with van der Waals surface area (Å²) in [6, 6.07) is 0. The second kappa shape index (κ2) is 5.78. The Morgan fingerprint density at radius 3 is 1.79 bits per heavy atom. The van der Waals surface area contributed by atoms with Gasteiger partial charge in [-0.15, -0.1) is 0 Å². The highest BCUT2D eigenvalue weighted by atomic mass is 14.3. The van der Waals surface area contributed by atoms with Crippen molar-refractivity contribution >= 4 is 0 Å². The predicted octanol–water partition coefficient (Wildman–Crippen LogP) is 5.13. The van der Waals surface area contributed by atoms with E-state index >= 15 is 0 Å². The molecule has 0 aromatic carbocycles. The molecule has 0 aliphatic carbocycles. The summed E-state index contributed by atoms with van der Waals surface area (Å²) in [5.41, 5.74) is 0.536. The van der Waals surface area contributed by atoms with Crippen molar-refractivity contribution in [1.82, 2.24) is 0 Å². The first kappa shape index (κ1) is 14.0. The van der Waals surface area contributed by atoms with Gasteiger partial charge in [-0.3, -0.25) is 0 Å². The maximum absolute atomic E-state index is 2.42. The van der Waals surface area contributed by atoms with E-state index in [-0.39, 0.29) is 0 Å². The van der Waals surface area contributed by atoms with Gasteiger partial charge in [-0.05, 0) is 36.0 Å². The van der Waals surface area contributed by atoms with Crippen LogP contribution in [0.5, 0.6) is 0 Å². The lowest BCUT2D eigenvalue weighted by Crippen LogP contribution is -2.19. The van der Waals surface area contributed by atoms with Gasteiger partial charge in [0.05, 0.1) is 0 Å². The van der Waals surface area contributed by atoms with E-state index in [0.717, 1.165) is 17.8 Å². The van der Waals surface area contributed by atoms with Gasteiger partial charge in [-0.1, -0.05) is 54.9 Å². The molecule has 1 unspecified atom stereocenters. The Bertz CT molecular complexity index is 142. The van der Waals surface area contributed by atoms with Crippen LogP contribution in [0, 0.1) is 23.2 Å². The second-order valence-corrected chi connectivity index (χ2v) is 6.52. The molecule has 0 fully saturated rings. The lowest BCUT2D eigenvalue weighted by atomic mass is 9.75. The third-order valence-corrected chi connectivity index (χ3v) is 3.41. The van der Waals surface area contributed by atoms with E-state index in [2.05, 4.69) is 48.5 Å². The summed E-state index contributed by atoms with van der Waals surface area (Å²) in [7, 11) is 0. The summed E-state index contributed by atoms with van der Waals surface area (Å²) in [6.45, 7) is 16.6. The van der Waals surface area contributed by atoms with Crippen LogP contribution < -0.4 is 0 Å². The summed E-state index contributed by atoms with van der Waals surface area (Å²) >= 11 is 0. The molecule has 86 valence electrons. The average molecular weight is 198 g/mol. The Morgan fingerprint density at radius 2 is 1.43 bits per heavy atom. The quantitative estimate of drug-likeness (QED) is 0.555. The highest BCUT2D eigenvalue weighted by molar-refractivity contribution is 4.73. The Morgan fingerprint density at radius 1 is 0.929 bits per heavy atom. The van der Waals surface area contributed by atoms with Gasteiger partial charge in [-0.25, -0.2) is 0 Å². The second-order valence-electron chi connectivity index (χ2n) is 6.52. The Balaban J connectivity index is 3.93. The van der Waals surface area contributed by atoms with Crippen LogP contribution in [0.3, 0.4) is 0 Å². The topological polar surface area (TPSA) is 0 Å². The van der Waals surface area contributed by atoms with Gasteiger partial charge in [0.1, 0.15) is 0 Å². The van der Waals surface area contributed by atoms with Crippen LogP contribution in [-0.2, 0) is 0 Å². The van der Waals surface area contributed by atoms with Crippen LogP contribution in [0.2, 0.25) is 0 Å². The summed E-state index contributed by atoms with van der Waals surface area (Å²) in [6.07, 6.45) is 4.12. The van der Waals surface area contributed by atoms with Crippen LogP contribution in [0.25, 0.3) is 0 Å². The van der Waals surface area contributed by atoms with Gasteiger partial charge in [0.25, 0.3) is 0 Å². The number of hydrogen-bond donors (Lipinski definition) is 0. The molecule has 0 N–H and O–H groups in total. The molecule has 0 amide bonds. The molecule has 0 aliphatic rings. The Hall–Kier alpha value is 0. The van der Waals surface area contributed by atoms with Gasteiger partial charge in [0.15, 0.2) is 0 Å². The van der Waals surface area contributed by atoms with Crippen molar-refractivity contribution in [1.29, 1.82) is 0 Å². The van der Waals surface area contributed by atoms with Crippen LogP contribution in [0.1, 0.15) is 67.7 Å². The molecule has 0 saturated carbocycles. The van der Waals surface area contributed by atoms with E-state index in [4.69, 9.17) is 0 Å². The van der Waals surface area contributed by atoms with Gasteiger partial charge >= 0.3 is 0 Å². The highest BCUT2D eigenvalue weighted by Gasteiger charge is 2.22. The summed E-state index contributed by atoms with van der Waals surface area (Å²) in [5, 5.41) is 0. The van der Waals surface area contributed by atoms with Crippen LogP contribution in [0.15, 0.2) is 0 Å². The number of hydrogen-bond acceptors (Lipinski definition) is 0. The monoisotopic (exact) mass is 198 g/mol. The zero-order valence-corrected chi connectivity index (χ0v) is 11.4. The minimum Gasteiger partial charge on any atom is -0.0628 e. The molecule has 0 spiro atoms. The molecular formula is C14H30. The molecule has 0 bridgehead atoms. The van der Waals surface area contributed by atoms with Gasteiger partial charge < -0.3 is 0 Å². The highest BCUT2D eigenvalue weighted by Crippen LogP contribution is 2.34. The Kier molecular flexibility index (Phi) is 5.78. The standard InChI is InChI=1S/C14H30/c1-11(2)8-9-14(6,7)10-13(5)12(3)4/h11-13H,8-10H2,1-7H3. The molecule has 0 saturated heterocycles. The van der Waals surface area contributed by atoms with Crippen LogP contribution in [-0.4, -0.2) is 0 Å². The molecule has 0 radical (unpaired) electrons. The fourth-order valence-electron chi connectivity index (χ4n) is 1.89. The summed E-state index contributed by atoms with van der Waals surface area (Å²) < 4.78 is 0. The normalized spacial score (nSPS) is 15.2. The lowest BCUT2D eigenvalue weighted by Gasteiger charge is -2.30. The number of rotatable bonds is 6. The average Bonchev–Trinajstić information content (AvgIpc) is 2.00. The molecule has 14 heavy (non-hydrogen) atoms. The maximum Gasteiger partial charge on any atom is -0.0351 e. The van der Waals surface area contributed by atoms with Crippen molar-refractivity contribution in [2.24, 2.45) is 23.2 Å². The fraction of sp³-hybridized carbons (Fsp3) is 1.00. The van der Waals surface area contributed by atoms with E-state index in [1.54, 1.807) is 0 Å². The predicted molar refractivity (Wildman–Crippen MR) is 66.5 cm³/mol. The first-order valence-corrected chi connectivity index (χ1v) is 6.24. The van der Waals surface area contributed by atoms with E-state index < -0.39 is 0 Å². The van der Waals surface area contributed by atoms with Gasteiger partial charge in [-0.2, -0.15) is 0 Å². The first-order valence-electron chi connectivity index (χ1n) is 6.24. The van der Waals surface area contributed by atoms with E-state index in [1.165, 1.54) is 19.3 Å². The molecule has 0 heterocycles. The molecule has 0 heteroatoms. The molecule has 0 aromatic heterocycles. The smallest absolute Gasteiger partial charge is 0.0351 e. The van der Waals surface area contributed by atoms with Gasteiger partial charge in [0, 0.05) is 0 Å². The van der Waals surface area contributed by atoms with E-state index in [9.17, 15) is 0 Å². The first-order chi connectivity index (χ1) is 6.24. The van der Waals surface area contributed by atoms with Crippen LogP contribution in [0.4, 0.5) is 0 Å². The lowest BCUT2D eigenvalue weighted by molar-refractivity contribution is 0.210. The third kappa shape index (κ3) is 6.45. The molecule has 0 nitrogen and oxygen atoms in total. The third-order valence-electron chi connectivity index (χ3n) is 3.41. The van der Waals surface area contributed by atoms with E-state index in [0.29, 0.717) is 5.41 Å². The van der Waals surface area contributed by atoms with Crippen molar-refractivity contribution in [2.75, 3.05) is 0 Å². The van der Waals surface area contributed by atoms with Crippen molar-refractivity contribution in [3.05, 3.63) is 0 Å². The summed E-state index contributed by atoms with van der Waals surface area (Å²) in [4.78, 5) is 0.